The quantitative estimate of drug-likeness (QED) is 0.610. The SMILES string of the molecule is CN1CCc2nc(CN)[nH]c2C1. The van der Waals surface area contributed by atoms with Crippen LogP contribution in [0, 0.1) is 0 Å². The average molecular weight is 166 g/mol. The fourth-order valence-corrected chi connectivity index (χ4v) is 1.58. The third-order valence-corrected chi connectivity index (χ3v) is 2.27. The van der Waals surface area contributed by atoms with Crippen molar-refractivity contribution < 1.29 is 0 Å². The van der Waals surface area contributed by atoms with Crippen molar-refractivity contribution in [3.63, 3.8) is 0 Å². The van der Waals surface area contributed by atoms with Gasteiger partial charge in [-0.05, 0) is 7.05 Å². The van der Waals surface area contributed by atoms with Crippen LogP contribution in [0.3, 0.4) is 0 Å². The first-order valence-corrected chi connectivity index (χ1v) is 4.25. The molecule has 1 aliphatic heterocycles. The highest BCUT2D eigenvalue weighted by Gasteiger charge is 2.16. The summed E-state index contributed by atoms with van der Waals surface area (Å²) in [6, 6.07) is 0. The van der Waals surface area contributed by atoms with Gasteiger partial charge in [0, 0.05) is 19.5 Å². The predicted molar refractivity (Wildman–Crippen MR) is 46.5 cm³/mol. The monoisotopic (exact) mass is 166 g/mol. The lowest BCUT2D eigenvalue weighted by Crippen LogP contribution is -2.26. The van der Waals surface area contributed by atoms with Gasteiger partial charge in [-0.2, -0.15) is 0 Å². The number of nitrogens with one attached hydrogen (secondary N) is 1. The van der Waals surface area contributed by atoms with E-state index in [1.165, 1.54) is 11.4 Å². The lowest BCUT2D eigenvalue weighted by atomic mass is 10.2. The highest BCUT2D eigenvalue weighted by molar-refractivity contribution is 5.17. The molecule has 1 aromatic heterocycles. The summed E-state index contributed by atoms with van der Waals surface area (Å²) in [6.45, 7) is 2.58. The largest absolute Gasteiger partial charge is 0.343 e. The Labute approximate surface area is 71.8 Å². The molecule has 0 amide bonds. The van der Waals surface area contributed by atoms with E-state index < -0.39 is 0 Å². The first-order chi connectivity index (χ1) is 5.79. The number of nitrogens with zero attached hydrogens (tertiary/aromatic N) is 2. The van der Waals surface area contributed by atoms with Crippen molar-refractivity contribution in [2.75, 3.05) is 13.6 Å². The summed E-state index contributed by atoms with van der Waals surface area (Å²) in [6.07, 6.45) is 1.04. The zero-order valence-corrected chi connectivity index (χ0v) is 7.30. The number of nitrogens with two attached hydrogens (primary N) is 1. The zero-order chi connectivity index (χ0) is 8.55. The second kappa shape index (κ2) is 2.88. The van der Waals surface area contributed by atoms with E-state index in [1.54, 1.807) is 0 Å². The Morgan fingerprint density at radius 1 is 1.67 bits per heavy atom. The smallest absolute Gasteiger partial charge is 0.120 e. The van der Waals surface area contributed by atoms with E-state index in [-0.39, 0.29) is 0 Å². The standard InChI is InChI=1S/C8H14N4/c1-12-3-2-6-7(5-12)11-8(4-9)10-6/h2-5,9H2,1H3,(H,10,11). The molecule has 1 aromatic rings. The van der Waals surface area contributed by atoms with Gasteiger partial charge in [-0.25, -0.2) is 4.98 Å². The molecule has 1 aliphatic rings. The first kappa shape index (κ1) is 7.76. The van der Waals surface area contributed by atoms with Crippen LogP contribution in [0.5, 0.6) is 0 Å². The second-order valence-electron chi connectivity index (χ2n) is 3.30. The maximum atomic E-state index is 5.49. The van der Waals surface area contributed by atoms with Crippen LogP contribution in [0.1, 0.15) is 17.2 Å². The van der Waals surface area contributed by atoms with Crippen molar-refractivity contribution in [1.29, 1.82) is 0 Å². The van der Waals surface area contributed by atoms with Gasteiger partial charge >= 0.3 is 0 Å². The number of hydrogen-bond acceptors (Lipinski definition) is 3. The van der Waals surface area contributed by atoms with Gasteiger partial charge in [0.2, 0.25) is 0 Å². The van der Waals surface area contributed by atoms with Crippen LogP contribution in [-0.4, -0.2) is 28.5 Å². The highest BCUT2D eigenvalue weighted by atomic mass is 15.1. The van der Waals surface area contributed by atoms with Crippen molar-refractivity contribution in [3.8, 4) is 0 Å². The van der Waals surface area contributed by atoms with Crippen molar-refractivity contribution in [1.82, 2.24) is 14.9 Å². The van der Waals surface area contributed by atoms with Gasteiger partial charge in [0.05, 0.1) is 17.9 Å². The number of aromatic nitrogens is 2. The van der Waals surface area contributed by atoms with E-state index >= 15 is 0 Å². The molecule has 3 N–H and O–H groups in total. The Kier molecular flexibility index (Phi) is 1.86. The molecule has 0 aromatic carbocycles. The molecular formula is C8H14N4. The lowest BCUT2D eigenvalue weighted by Gasteiger charge is -2.20. The van der Waals surface area contributed by atoms with Crippen molar-refractivity contribution in [2.24, 2.45) is 5.73 Å². The maximum Gasteiger partial charge on any atom is 0.120 e. The van der Waals surface area contributed by atoms with E-state index in [2.05, 4.69) is 21.9 Å². The van der Waals surface area contributed by atoms with Gasteiger partial charge in [-0.15, -0.1) is 0 Å². The molecule has 0 fully saturated rings. The predicted octanol–water partition coefficient (Wildman–Crippen LogP) is -0.144. The van der Waals surface area contributed by atoms with Crippen LogP contribution in [0.2, 0.25) is 0 Å². The molecule has 0 radical (unpaired) electrons. The molecule has 0 aliphatic carbocycles. The topological polar surface area (TPSA) is 57.9 Å². The van der Waals surface area contributed by atoms with Crippen LogP contribution in [-0.2, 0) is 19.5 Å². The molecule has 12 heavy (non-hydrogen) atoms. The van der Waals surface area contributed by atoms with Crippen LogP contribution >= 0.6 is 0 Å². The molecule has 0 saturated heterocycles. The minimum absolute atomic E-state index is 0.511. The molecule has 0 bridgehead atoms. The molecule has 2 heterocycles. The van der Waals surface area contributed by atoms with E-state index in [0.717, 1.165) is 25.3 Å². The van der Waals surface area contributed by atoms with Gasteiger partial charge in [0.1, 0.15) is 5.82 Å². The Morgan fingerprint density at radius 3 is 3.25 bits per heavy atom. The fraction of sp³-hybridized carbons (Fsp3) is 0.625. The molecule has 0 atom stereocenters. The summed E-state index contributed by atoms with van der Waals surface area (Å²) in [5.74, 6) is 0.912. The number of likely N-dealkylation sites (N-methyl/N-ethyl adjacent to an activating group) is 1. The molecular weight excluding hydrogens is 152 g/mol. The number of H-pyrrole nitrogens is 1. The number of imidazole rings is 1. The van der Waals surface area contributed by atoms with E-state index in [4.69, 9.17) is 5.73 Å². The molecule has 0 unspecified atom stereocenters. The highest BCUT2D eigenvalue weighted by Crippen LogP contribution is 2.14. The summed E-state index contributed by atoms with van der Waals surface area (Å²) in [7, 11) is 2.12. The van der Waals surface area contributed by atoms with Gasteiger partial charge in [-0.1, -0.05) is 0 Å². The normalized spacial score (nSPS) is 17.8. The van der Waals surface area contributed by atoms with Gasteiger partial charge in [-0.3, -0.25) is 0 Å². The third-order valence-electron chi connectivity index (χ3n) is 2.27. The Hall–Kier alpha value is -0.870. The minimum Gasteiger partial charge on any atom is -0.343 e. The molecule has 4 nitrogen and oxygen atoms in total. The zero-order valence-electron chi connectivity index (χ0n) is 7.30. The fourth-order valence-electron chi connectivity index (χ4n) is 1.58. The summed E-state index contributed by atoms with van der Waals surface area (Å²) < 4.78 is 0. The van der Waals surface area contributed by atoms with E-state index in [0.29, 0.717) is 6.54 Å². The van der Waals surface area contributed by atoms with Crippen molar-refractivity contribution >= 4 is 0 Å². The summed E-state index contributed by atoms with van der Waals surface area (Å²) in [5, 5.41) is 0. The second-order valence-corrected chi connectivity index (χ2v) is 3.30. The van der Waals surface area contributed by atoms with E-state index in [9.17, 15) is 0 Å². The minimum atomic E-state index is 0.511. The number of rotatable bonds is 1. The molecule has 66 valence electrons. The van der Waals surface area contributed by atoms with Crippen molar-refractivity contribution in [2.45, 2.75) is 19.5 Å². The van der Waals surface area contributed by atoms with Crippen LogP contribution < -0.4 is 5.73 Å². The lowest BCUT2D eigenvalue weighted by molar-refractivity contribution is 0.307. The number of hydrogen-bond donors (Lipinski definition) is 2. The molecule has 2 rings (SSSR count). The van der Waals surface area contributed by atoms with Gasteiger partial charge < -0.3 is 15.6 Å². The number of fused-ring (bicyclic) bond motifs is 1. The van der Waals surface area contributed by atoms with E-state index in [1.807, 2.05) is 0 Å². The third kappa shape index (κ3) is 1.23. The van der Waals surface area contributed by atoms with Crippen LogP contribution in [0.15, 0.2) is 0 Å². The Morgan fingerprint density at radius 2 is 2.50 bits per heavy atom. The summed E-state index contributed by atoms with van der Waals surface area (Å²) in [5.41, 5.74) is 7.93. The van der Waals surface area contributed by atoms with Crippen LogP contribution in [0.25, 0.3) is 0 Å². The molecule has 0 spiro atoms. The van der Waals surface area contributed by atoms with Gasteiger partial charge in [0.25, 0.3) is 0 Å². The Balaban J connectivity index is 2.28. The van der Waals surface area contributed by atoms with Gasteiger partial charge in [0.15, 0.2) is 0 Å². The molecule has 0 saturated carbocycles. The maximum absolute atomic E-state index is 5.49. The number of aromatic amines is 1. The summed E-state index contributed by atoms with van der Waals surface area (Å²) in [4.78, 5) is 9.91. The summed E-state index contributed by atoms with van der Waals surface area (Å²) >= 11 is 0. The Bertz CT molecular complexity index is 279. The van der Waals surface area contributed by atoms with Crippen LogP contribution in [0.4, 0.5) is 0 Å². The average Bonchev–Trinajstić information content (AvgIpc) is 2.46. The van der Waals surface area contributed by atoms with Crippen molar-refractivity contribution in [3.05, 3.63) is 17.2 Å². The first-order valence-electron chi connectivity index (χ1n) is 4.25. The molecule has 4 heteroatoms.